The molecule has 0 saturated carbocycles. The van der Waals surface area contributed by atoms with Crippen molar-refractivity contribution >= 4 is 20.7 Å². The Kier molecular flexibility index (Phi) is 4.16. The Morgan fingerprint density at radius 3 is 2.56 bits per heavy atom. The lowest BCUT2D eigenvalue weighted by Crippen LogP contribution is -2.18. The average Bonchev–Trinajstić information content (AvgIpc) is 3.14. The molecule has 0 aliphatic rings. The fourth-order valence-corrected chi connectivity index (χ4v) is 4.48. The van der Waals surface area contributed by atoms with E-state index in [0.717, 1.165) is 6.07 Å². The number of rotatable bonds is 4. The van der Waals surface area contributed by atoms with Crippen molar-refractivity contribution in [3.05, 3.63) is 88.7 Å². The monoisotopic (exact) mass is 380 g/mol. The number of fused-ring (bicyclic) bond motifs is 1. The molecule has 0 radical (unpaired) electrons. The molecule has 0 atom stereocenters. The summed E-state index contributed by atoms with van der Waals surface area (Å²) in [4.78, 5) is 16.8. The van der Waals surface area contributed by atoms with E-state index in [-0.39, 0.29) is 16.2 Å². The van der Waals surface area contributed by atoms with Gasteiger partial charge in [0, 0.05) is 23.6 Å². The van der Waals surface area contributed by atoms with Crippen LogP contribution in [0.25, 0.3) is 16.6 Å². The highest BCUT2D eigenvalue weighted by Crippen LogP contribution is 2.25. The van der Waals surface area contributed by atoms with Gasteiger partial charge in [0.25, 0.3) is 0 Å². The summed E-state index contributed by atoms with van der Waals surface area (Å²) in [5, 5.41) is 0.287. The van der Waals surface area contributed by atoms with Crippen LogP contribution in [-0.2, 0) is 15.6 Å². The second-order valence-corrected chi connectivity index (χ2v) is 8.14. The minimum atomic E-state index is -3.84. The highest BCUT2D eigenvalue weighted by Gasteiger charge is 2.24. The molecule has 0 aliphatic heterocycles. The fourth-order valence-electron chi connectivity index (χ4n) is 3.02. The molecule has 6 nitrogen and oxygen atoms in total. The molecule has 1 aromatic carbocycles. The van der Waals surface area contributed by atoms with E-state index < -0.39 is 9.84 Å². The van der Waals surface area contributed by atoms with Gasteiger partial charge in [0.15, 0.2) is 5.43 Å². The Morgan fingerprint density at radius 2 is 1.85 bits per heavy atom. The lowest BCUT2D eigenvalue weighted by Gasteiger charge is -2.17. The van der Waals surface area contributed by atoms with E-state index in [0.29, 0.717) is 28.0 Å². The first kappa shape index (κ1) is 17.2. The fraction of sp³-hybridized carbons (Fsp3) is 0.100. The van der Waals surface area contributed by atoms with Crippen LogP contribution in [0.2, 0.25) is 0 Å². The molecular formula is C20H16N2O4S. The van der Waals surface area contributed by atoms with Crippen LogP contribution >= 0.6 is 0 Å². The number of nitrogens with zero attached hydrogens (tertiary/aromatic N) is 2. The largest absolute Gasteiger partial charge is 0.468 e. The number of hydrogen-bond acceptors (Lipinski definition) is 5. The quantitative estimate of drug-likeness (QED) is 0.543. The molecule has 4 rings (SSSR count). The molecule has 0 unspecified atom stereocenters. The predicted octanol–water partition coefficient (Wildman–Crippen LogP) is 3.26. The molecule has 4 aromatic rings. The summed E-state index contributed by atoms with van der Waals surface area (Å²) >= 11 is 0. The molecule has 0 bridgehead atoms. The van der Waals surface area contributed by atoms with Crippen molar-refractivity contribution < 1.29 is 12.8 Å². The summed E-state index contributed by atoms with van der Waals surface area (Å²) in [6.07, 6.45) is 2.90. The van der Waals surface area contributed by atoms with Gasteiger partial charge in [0.1, 0.15) is 16.5 Å². The first-order valence-electron chi connectivity index (χ1n) is 8.29. The van der Waals surface area contributed by atoms with Gasteiger partial charge in [-0.3, -0.25) is 14.3 Å². The number of benzene rings is 1. The molecule has 3 aromatic heterocycles. The van der Waals surface area contributed by atoms with E-state index in [9.17, 15) is 13.2 Å². The topological polar surface area (TPSA) is 82.2 Å². The Hall–Kier alpha value is -3.19. The number of aryl methyl sites for hydroxylation is 1. The lowest BCUT2D eigenvalue weighted by molar-refractivity contribution is 0.519. The number of pyridine rings is 2. The zero-order valence-corrected chi connectivity index (χ0v) is 15.3. The maximum Gasteiger partial charge on any atom is 0.201 e. The number of hydrogen-bond donors (Lipinski definition) is 0. The third-order valence-corrected chi connectivity index (χ3v) is 5.85. The molecule has 7 heteroatoms. The zero-order valence-electron chi connectivity index (χ0n) is 14.5. The molecular weight excluding hydrogens is 364 g/mol. The Bertz CT molecular complexity index is 1280. The van der Waals surface area contributed by atoms with Crippen molar-refractivity contribution in [3.63, 3.8) is 0 Å². The van der Waals surface area contributed by atoms with E-state index in [4.69, 9.17) is 4.42 Å². The van der Waals surface area contributed by atoms with Crippen LogP contribution in [0.4, 0.5) is 0 Å². The van der Waals surface area contributed by atoms with Gasteiger partial charge in [-0.1, -0.05) is 18.2 Å². The van der Waals surface area contributed by atoms with Crippen LogP contribution in [0, 0.1) is 6.92 Å². The van der Waals surface area contributed by atoms with Gasteiger partial charge in [-0.2, -0.15) is 0 Å². The maximum absolute atomic E-state index is 13.1. The van der Waals surface area contributed by atoms with E-state index in [1.165, 1.54) is 12.5 Å². The number of sulfone groups is 1. The SMILES string of the molecule is Cc1cc2c(cn1)c(=O)cc(S(=O)(=O)Cc1ccco1)n2-c1ccccc1. The van der Waals surface area contributed by atoms with Crippen molar-refractivity contribution in [2.45, 2.75) is 17.7 Å². The maximum atomic E-state index is 13.1. The Labute approximate surface area is 155 Å². The van der Waals surface area contributed by atoms with Gasteiger partial charge in [0.05, 0.1) is 17.2 Å². The number of aromatic nitrogens is 2. The number of furan rings is 1. The van der Waals surface area contributed by atoms with E-state index >= 15 is 0 Å². The van der Waals surface area contributed by atoms with Crippen LogP contribution in [0.15, 0.2) is 81.3 Å². The van der Waals surface area contributed by atoms with Crippen LogP contribution < -0.4 is 5.43 Å². The van der Waals surface area contributed by atoms with Crippen molar-refractivity contribution in [2.75, 3.05) is 0 Å². The van der Waals surface area contributed by atoms with Crippen LogP contribution in [-0.4, -0.2) is 18.0 Å². The van der Waals surface area contributed by atoms with E-state index in [1.54, 1.807) is 41.8 Å². The summed E-state index contributed by atoms with van der Waals surface area (Å²) in [5.74, 6) is -0.0185. The summed E-state index contributed by atoms with van der Waals surface area (Å²) in [5.41, 5.74) is 1.44. The highest BCUT2D eigenvalue weighted by molar-refractivity contribution is 7.90. The van der Waals surface area contributed by atoms with Crippen molar-refractivity contribution in [1.29, 1.82) is 0 Å². The van der Waals surface area contributed by atoms with Gasteiger partial charge >= 0.3 is 0 Å². The summed E-state index contributed by atoms with van der Waals surface area (Å²) < 4.78 is 33.1. The standard InChI is InChI=1S/C20H16N2O4S/c1-14-10-18-17(12-21-14)19(23)11-20(22(18)15-6-3-2-4-7-15)27(24,25)13-16-8-5-9-26-16/h2-12H,13H2,1H3. The summed E-state index contributed by atoms with van der Waals surface area (Å²) in [7, 11) is -3.84. The molecule has 0 spiro atoms. The van der Waals surface area contributed by atoms with Gasteiger partial charge in [-0.25, -0.2) is 8.42 Å². The highest BCUT2D eigenvalue weighted by atomic mass is 32.2. The Morgan fingerprint density at radius 1 is 1.07 bits per heavy atom. The zero-order chi connectivity index (χ0) is 19.0. The molecule has 0 N–H and O–H groups in total. The van der Waals surface area contributed by atoms with Crippen molar-refractivity contribution in [2.24, 2.45) is 0 Å². The van der Waals surface area contributed by atoms with Crippen LogP contribution in [0.3, 0.4) is 0 Å². The minimum Gasteiger partial charge on any atom is -0.468 e. The molecule has 0 amide bonds. The minimum absolute atomic E-state index is 0.0757. The van der Waals surface area contributed by atoms with E-state index in [1.807, 2.05) is 18.2 Å². The summed E-state index contributed by atoms with van der Waals surface area (Å²) in [6, 6.07) is 15.2. The average molecular weight is 380 g/mol. The second-order valence-electron chi connectivity index (χ2n) is 6.20. The van der Waals surface area contributed by atoms with Crippen molar-refractivity contribution in [3.8, 4) is 5.69 Å². The van der Waals surface area contributed by atoms with Gasteiger partial charge < -0.3 is 4.42 Å². The first-order valence-corrected chi connectivity index (χ1v) is 9.94. The Balaban J connectivity index is 2.07. The third-order valence-electron chi connectivity index (χ3n) is 4.25. The molecule has 0 fully saturated rings. The molecule has 3 heterocycles. The molecule has 27 heavy (non-hydrogen) atoms. The van der Waals surface area contributed by atoms with Gasteiger partial charge in [-0.15, -0.1) is 0 Å². The molecule has 0 aliphatic carbocycles. The molecule has 0 saturated heterocycles. The summed E-state index contributed by atoms with van der Waals surface area (Å²) in [6.45, 7) is 1.79. The van der Waals surface area contributed by atoms with E-state index in [2.05, 4.69) is 4.98 Å². The second kappa shape index (κ2) is 6.51. The predicted molar refractivity (Wildman–Crippen MR) is 102 cm³/mol. The van der Waals surface area contributed by atoms with Crippen LogP contribution in [0.5, 0.6) is 0 Å². The van der Waals surface area contributed by atoms with Crippen LogP contribution in [0.1, 0.15) is 11.5 Å². The smallest absolute Gasteiger partial charge is 0.201 e. The third kappa shape index (κ3) is 3.17. The molecule has 136 valence electrons. The van der Waals surface area contributed by atoms with Gasteiger partial charge in [0.2, 0.25) is 9.84 Å². The normalized spacial score (nSPS) is 11.7. The number of para-hydroxylation sites is 1. The van der Waals surface area contributed by atoms with Gasteiger partial charge in [-0.05, 0) is 37.3 Å². The first-order chi connectivity index (χ1) is 13.0. The lowest BCUT2D eigenvalue weighted by atomic mass is 10.2. The van der Waals surface area contributed by atoms with Crippen molar-refractivity contribution in [1.82, 2.24) is 9.55 Å².